The zero-order valence-electron chi connectivity index (χ0n) is 11.7. The zero-order chi connectivity index (χ0) is 14.4. The molecule has 1 aromatic rings. The fraction of sp³-hybridized carbons (Fsp3) is 0.176. The molecular formula is C17H19N3. The highest BCUT2D eigenvalue weighted by Crippen LogP contribution is 2.30. The molecule has 0 saturated carbocycles. The van der Waals surface area contributed by atoms with Crippen LogP contribution in [0, 0.1) is 0 Å². The number of aromatic nitrogens is 1. The Morgan fingerprint density at radius 3 is 2.95 bits per heavy atom. The van der Waals surface area contributed by atoms with Gasteiger partial charge < -0.3 is 5.73 Å². The Hall–Kier alpha value is -2.26. The van der Waals surface area contributed by atoms with Crippen molar-refractivity contribution in [3.8, 4) is 0 Å². The van der Waals surface area contributed by atoms with Crippen LogP contribution in [0.25, 0.3) is 0 Å². The van der Waals surface area contributed by atoms with Crippen molar-refractivity contribution in [2.24, 2.45) is 10.7 Å². The van der Waals surface area contributed by atoms with Gasteiger partial charge in [0, 0.05) is 30.6 Å². The summed E-state index contributed by atoms with van der Waals surface area (Å²) in [7, 11) is 0. The molecule has 0 radical (unpaired) electrons. The number of hydrogen-bond donors (Lipinski definition) is 1. The van der Waals surface area contributed by atoms with E-state index < -0.39 is 0 Å². The molecule has 1 aromatic heterocycles. The summed E-state index contributed by atoms with van der Waals surface area (Å²) in [6.45, 7) is 6.59. The van der Waals surface area contributed by atoms with Gasteiger partial charge in [0.05, 0.1) is 5.71 Å². The summed E-state index contributed by atoms with van der Waals surface area (Å²) in [6.07, 6.45) is 11.4. The van der Waals surface area contributed by atoms with Gasteiger partial charge >= 0.3 is 0 Å². The van der Waals surface area contributed by atoms with E-state index in [2.05, 4.69) is 16.6 Å². The van der Waals surface area contributed by atoms with Crippen LogP contribution in [-0.4, -0.2) is 17.2 Å². The fourth-order valence-corrected chi connectivity index (χ4v) is 2.18. The normalized spacial score (nSPS) is 18.6. The summed E-state index contributed by atoms with van der Waals surface area (Å²) in [5, 5.41) is 0. The second-order valence-electron chi connectivity index (χ2n) is 4.50. The zero-order valence-corrected chi connectivity index (χ0v) is 11.7. The Labute approximate surface area is 120 Å². The van der Waals surface area contributed by atoms with Gasteiger partial charge in [0.25, 0.3) is 0 Å². The minimum atomic E-state index is 0.0458. The van der Waals surface area contributed by atoms with E-state index in [1.807, 2.05) is 49.4 Å². The monoisotopic (exact) mass is 265 g/mol. The Morgan fingerprint density at radius 2 is 2.30 bits per heavy atom. The standard InChI is InChI=1S/C17H19N3/c1-3-10-19-16-9-6-7-14(13(16)2)15(12-18)17-8-4-5-11-20-17/h3-11,15H,2,12,18H2,1H3/b10-3-,19-16?. The third kappa shape index (κ3) is 3.00. The first-order valence-corrected chi connectivity index (χ1v) is 6.65. The number of nitrogens with zero attached hydrogens (tertiary/aromatic N) is 2. The molecule has 0 fully saturated rings. The fourth-order valence-electron chi connectivity index (χ4n) is 2.18. The number of pyridine rings is 1. The van der Waals surface area contributed by atoms with E-state index in [1.54, 1.807) is 12.4 Å². The molecule has 1 unspecified atom stereocenters. The van der Waals surface area contributed by atoms with Crippen LogP contribution in [0.15, 0.2) is 77.6 Å². The molecule has 1 aliphatic rings. The van der Waals surface area contributed by atoms with Crippen molar-refractivity contribution in [2.45, 2.75) is 12.8 Å². The summed E-state index contributed by atoms with van der Waals surface area (Å²) in [5.41, 5.74) is 9.76. The van der Waals surface area contributed by atoms with Crippen LogP contribution in [0.5, 0.6) is 0 Å². The number of allylic oxidation sites excluding steroid dienone is 5. The van der Waals surface area contributed by atoms with Gasteiger partial charge in [-0.05, 0) is 36.3 Å². The van der Waals surface area contributed by atoms with Crippen molar-refractivity contribution in [3.05, 3.63) is 78.3 Å². The first kappa shape index (κ1) is 14.2. The van der Waals surface area contributed by atoms with Gasteiger partial charge in [-0.25, -0.2) is 0 Å². The predicted molar refractivity (Wildman–Crippen MR) is 84.6 cm³/mol. The van der Waals surface area contributed by atoms with E-state index in [9.17, 15) is 0 Å². The van der Waals surface area contributed by atoms with Crippen molar-refractivity contribution in [2.75, 3.05) is 6.54 Å². The van der Waals surface area contributed by atoms with Gasteiger partial charge in [-0.15, -0.1) is 0 Å². The molecule has 1 aliphatic carbocycles. The molecular weight excluding hydrogens is 246 g/mol. The van der Waals surface area contributed by atoms with Gasteiger partial charge in [-0.1, -0.05) is 30.9 Å². The van der Waals surface area contributed by atoms with E-state index in [0.717, 1.165) is 22.6 Å². The highest BCUT2D eigenvalue weighted by atomic mass is 14.7. The van der Waals surface area contributed by atoms with E-state index in [4.69, 9.17) is 5.73 Å². The van der Waals surface area contributed by atoms with Crippen LogP contribution in [-0.2, 0) is 0 Å². The smallest absolute Gasteiger partial charge is 0.0698 e. The number of rotatable bonds is 4. The van der Waals surface area contributed by atoms with Crippen molar-refractivity contribution in [3.63, 3.8) is 0 Å². The second kappa shape index (κ2) is 6.78. The average Bonchev–Trinajstić information content (AvgIpc) is 2.49. The molecule has 2 rings (SSSR count). The number of aliphatic imine (C=N–C) groups is 1. The molecule has 3 nitrogen and oxygen atoms in total. The number of nitrogens with two attached hydrogens (primary N) is 1. The van der Waals surface area contributed by atoms with E-state index >= 15 is 0 Å². The van der Waals surface area contributed by atoms with E-state index in [1.165, 1.54) is 0 Å². The lowest BCUT2D eigenvalue weighted by Gasteiger charge is -2.22. The Morgan fingerprint density at radius 1 is 1.45 bits per heavy atom. The third-order valence-corrected chi connectivity index (χ3v) is 3.21. The molecule has 1 heterocycles. The highest BCUT2D eigenvalue weighted by Gasteiger charge is 2.21. The lowest BCUT2D eigenvalue weighted by Crippen LogP contribution is -2.20. The first-order chi connectivity index (χ1) is 9.77. The van der Waals surface area contributed by atoms with Crippen molar-refractivity contribution >= 4 is 5.71 Å². The highest BCUT2D eigenvalue weighted by molar-refractivity contribution is 6.12. The van der Waals surface area contributed by atoms with E-state index in [0.29, 0.717) is 6.54 Å². The van der Waals surface area contributed by atoms with Gasteiger partial charge in [0.1, 0.15) is 0 Å². The second-order valence-corrected chi connectivity index (χ2v) is 4.50. The lowest BCUT2D eigenvalue weighted by molar-refractivity contribution is 0.782. The van der Waals surface area contributed by atoms with Crippen LogP contribution in [0.3, 0.4) is 0 Å². The van der Waals surface area contributed by atoms with Crippen LogP contribution >= 0.6 is 0 Å². The topological polar surface area (TPSA) is 51.3 Å². The molecule has 0 aliphatic heterocycles. The molecule has 0 amide bonds. The maximum atomic E-state index is 5.94. The SMILES string of the molecule is C=C1C(C(CN)c2ccccn2)=CC=CC1=N/C=C\C. The third-order valence-electron chi connectivity index (χ3n) is 3.21. The van der Waals surface area contributed by atoms with Gasteiger partial charge in [-0.3, -0.25) is 9.98 Å². The summed E-state index contributed by atoms with van der Waals surface area (Å²) in [5.74, 6) is 0.0458. The predicted octanol–water partition coefficient (Wildman–Crippen LogP) is 3.15. The largest absolute Gasteiger partial charge is 0.329 e. The van der Waals surface area contributed by atoms with Crippen LogP contribution in [0.2, 0.25) is 0 Å². The Bertz CT molecular complexity index is 592. The minimum Gasteiger partial charge on any atom is -0.329 e. The summed E-state index contributed by atoms with van der Waals surface area (Å²) in [4.78, 5) is 8.80. The Kier molecular flexibility index (Phi) is 4.80. The van der Waals surface area contributed by atoms with Crippen molar-refractivity contribution < 1.29 is 0 Å². The summed E-state index contributed by atoms with van der Waals surface area (Å²) in [6, 6.07) is 5.87. The quantitative estimate of drug-likeness (QED) is 0.909. The van der Waals surface area contributed by atoms with Crippen LogP contribution < -0.4 is 5.73 Å². The molecule has 1 atom stereocenters. The maximum Gasteiger partial charge on any atom is 0.0698 e. The molecule has 0 spiro atoms. The lowest BCUT2D eigenvalue weighted by atomic mass is 9.85. The van der Waals surface area contributed by atoms with Crippen LogP contribution in [0.1, 0.15) is 18.5 Å². The number of hydrogen-bond acceptors (Lipinski definition) is 3. The first-order valence-electron chi connectivity index (χ1n) is 6.65. The van der Waals surface area contributed by atoms with Crippen LogP contribution in [0.4, 0.5) is 0 Å². The van der Waals surface area contributed by atoms with Gasteiger partial charge in [0.15, 0.2) is 0 Å². The minimum absolute atomic E-state index is 0.0458. The molecule has 3 heteroatoms. The van der Waals surface area contributed by atoms with Crippen molar-refractivity contribution in [1.29, 1.82) is 0 Å². The summed E-state index contributed by atoms with van der Waals surface area (Å²) >= 11 is 0. The van der Waals surface area contributed by atoms with Crippen molar-refractivity contribution in [1.82, 2.24) is 4.98 Å². The van der Waals surface area contributed by atoms with Gasteiger partial charge in [0.2, 0.25) is 0 Å². The summed E-state index contributed by atoms with van der Waals surface area (Å²) < 4.78 is 0. The van der Waals surface area contributed by atoms with E-state index in [-0.39, 0.29) is 5.92 Å². The average molecular weight is 265 g/mol. The molecule has 0 bridgehead atoms. The van der Waals surface area contributed by atoms with Gasteiger partial charge in [-0.2, -0.15) is 0 Å². The maximum absolute atomic E-state index is 5.94. The Balaban J connectivity index is 2.34. The molecule has 20 heavy (non-hydrogen) atoms. The molecule has 102 valence electrons. The molecule has 0 aromatic carbocycles. The molecule has 2 N–H and O–H groups in total. The molecule has 0 saturated heterocycles.